The van der Waals surface area contributed by atoms with Gasteiger partial charge in [0.1, 0.15) is 0 Å². The SMILES string of the molecule is CSc1ccccc1C(=O)NCC1COCCN1. The Balaban J connectivity index is 1.90. The van der Waals surface area contributed by atoms with Crippen LogP contribution in [0.4, 0.5) is 0 Å². The standard InChI is InChI=1S/C13H18N2O2S/c1-18-12-5-3-2-4-11(12)13(16)15-8-10-9-17-7-6-14-10/h2-5,10,14H,6-9H2,1H3,(H,15,16). The highest BCUT2D eigenvalue weighted by molar-refractivity contribution is 7.98. The molecule has 0 radical (unpaired) electrons. The average Bonchev–Trinajstić information content (AvgIpc) is 2.45. The van der Waals surface area contributed by atoms with E-state index >= 15 is 0 Å². The number of benzene rings is 1. The van der Waals surface area contributed by atoms with Gasteiger partial charge in [-0.15, -0.1) is 11.8 Å². The molecule has 1 aliphatic rings. The Bertz CT molecular complexity index is 406. The Labute approximate surface area is 111 Å². The van der Waals surface area contributed by atoms with E-state index in [0.717, 1.165) is 23.6 Å². The highest BCUT2D eigenvalue weighted by Crippen LogP contribution is 2.19. The van der Waals surface area contributed by atoms with Crippen LogP contribution in [0.3, 0.4) is 0 Å². The van der Waals surface area contributed by atoms with E-state index in [-0.39, 0.29) is 11.9 Å². The number of ether oxygens (including phenoxy) is 1. The molecule has 5 heteroatoms. The Morgan fingerprint density at radius 2 is 2.39 bits per heavy atom. The predicted molar refractivity (Wildman–Crippen MR) is 73.2 cm³/mol. The van der Waals surface area contributed by atoms with Crippen LogP contribution in [-0.2, 0) is 4.74 Å². The molecule has 1 atom stereocenters. The number of rotatable bonds is 4. The number of nitrogens with one attached hydrogen (secondary N) is 2. The molecule has 4 nitrogen and oxygen atoms in total. The van der Waals surface area contributed by atoms with Crippen LogP contribution in [0.5, 0.6) is 0 Å². The van der Waals surface area contributed by atoms with Gasteiger partial charge in [0.25, 0.3) is 5.91 Å². The van der Waals surface area contributed by atoms with Crippen LogP contribution in [0.15, 0.2) is 29.2 Å². The van der Waals surface area contributed by atoms with Crippen molar-refractivity contribution in [3.05, 3.63) is 29.8 Å². The highest BCUT2D eigenvalue weighted by Gasteiger charge is 2.15. The maximum atomic E-state index is 12.1. The molecule has 1 unspecified atom stereocenters. The monoisotopic (exact) mass is 266 g/mol. The minimum Gasteiger partial charge on any atom is -0.378 e. The van der Waals surface area contributed by atoms with Gasteiger partial charge in [0.05, 0.1) is 18.8 Å². The molecule has 1 aliphatic heterocycles. The van der Waals surface area contributed by atoms with Gasteiger partial charge >= 0.3 is 0 Å². The van der Waals surface area contributed by atoms with Crippen LogP contribution in [0.2, 0.25) is 0 Å². The second kappa shape index (κ2) is 6.78. The first-order chi connectivity index (χ1) is 8.81. The molecule has 0 aliphatic carbocycles. The molecule has 98 valence electrons. The van der Waals surface area contributed by atoms with Crippen LogP contribution in [-0.4, -0.2) is 44.5 Å². The summed E-state index contributed by atoms with van der Waals surface area (Å²) in [6, 6.07) is 7.85. The fourth-order valence-electron chi connectivity index (χ4n) is 1.89. The van der Waals surface area contributed by atoms with Gasteiger partial charge in [0.15, 0.2) is 0 Å². The summed E-state index contributed by atoms with van der Waals surface area (Å²) in [6.07, 6.45) is 1.97. The zero-order chi connectivity index (χ0) is 12.8. The molecule has 0 bridgehead atoms. The largest absolute Gasteiger partial charge is 0.378 e. The summed E-state index contributed by atoms with van der Waals surface area (Å²) in [4.78, 5) is 13.1. The van der Waals surface area contributed by atoms with Gasteiger partial charge in [-0.1, -0.05) is 12.1 Å². The number of amides is 1. The van der Waals surface area contributed by atoms with Gasteiger partial charge in [-0.05, 0) is 18.4 Å². The van der Waals surface area contributed by atoms with Crippen molar-refractivity contribution in [2.24, 2.45) is 0 Å². The third-order valence-electron chi connectivity index (χ3n) is 2.86. The van der Waals surface area contributed by atoms with Gasteiger partial charge in [-0.3, -0.25) is 4.79 Å². The maximum absolute atomic E-state index is 12.1. The van der Waals surface area contributed by atoms with Gasteiger partial charge in [0.2, 0.25) is 0 Å². The van der Waals surface area contributed by atoms with Crippen molar-refractivity contribution in [3.8, 4) is 0 Å². The van der Waals surface area contributed by atoms with Gasteiger partial charge < -0.3 is 15.4 Å². The number of hydrogen-bond acceptors (Lipinski definition) is 4. The molecule has 2 rings (SSSR count). The molecule has 0 saturated carbocycles. The predicted octanol–water partition coefficient (Wildman–Crippen LogP) is 1.13. The summed E-state index contributed by atoms with van der Waals surface area (Å²) in [5.74, 6) is -0.0210. The first-order valence-electron chi connectivity index (χ1n) is 6.03. The topological polar surface area (TPSA) is 50.4 Å². The Morgan fingerprint density at radius 1 is 1.56 bits per heavy atom. The zero-order valence-electron chi connectivity index (χ0n) is 10.4. The lowest BCUT2D eigenvalue weighted by Gasteiger charge is -2.24. The van der Waals surface area contributed by atoms with Crippen molar-refractivity contribution >= 4 is 17.7 Å². The van der Waals surface area contributed by atoms with Crippen molar-refractivity contribution in [2.45, 2.75) is 10.9 Å². The zero-order valence-corrected chi connectivity index (χ0v) is 11.3. The lowest BCUT2D eigenvalue weighted by atomic mass is 10.2. The Morgan fingerprint density at radius 3 is 3.11 bits per heavy atom. The summed E-state index contributed by atoms with van der Waals surface area (Å²) >= 11 is 1.58. The fraction of sp³-hybridized carbons (Fsp3) is 0.462. The van der Waals surface area contributed by atoms with Crippen molar-refractivity contribution < 1.29 is 9.53 Å². The van der Waals surface area contributed by atoms with E-state index in [1.165, 1.54) is 0 Å². The third kappa shape index (κ3) is 3.48. The lowest BCUT2D eigenvalue weighted by Crippen LogP contribution is -2.48. The number of thioether (sulfide) groups is 1. The normalized spacial score (nSPS) is 19.5. The summed E-state index contributed by atoms with van der Waals surface area (Å²) in [7, 11) is 0. The van der Waals surface area contributed by atoms with Gasteiger partial charge in [-0.25, -0.2) is 0 Å². The Hall–Kier alpha value is -1.04. The molecular weight excluding hydrogens is 248 g/mol. The molecule has 0 spiro atoms. The molecule has 2 N–H and O–H groups in total. The lowest BCUT2D eigenvalue weighted by molar-refractivity contribution is 0.0734. The van der Waals surface area contributed by atoms with E-state index in [2.05, 4.69) is 10.6 Å². The van der Waals surface area contributed by atoms with Crippen LogP contribution in [0.1, 0.15) is 10.4 Å². The fourth-order valence-corrected chi connectivity index (χ4v) is 2.49. The summed E-state index contributed by atoms with van der Waals surface area (Å²) in [6.45, 7) is 2.85. The van der Waals surface area contributed by atoms with E-state index in [1.807, 2.05) is 30.5 Å². The summed E-state index contributed by atoms with van der Waals surface area (Å²) in [5, 5.41) is 6.26. The number of carbonyl (C=O) groups excluding carboxylic acids is 1. The minimum atomic E-state index is -0.0210. The third-order valence-corrected chi connectivity index (χ3v) is 3.65. The van der Waals surface area contributed by atoms with E-state index in [0.29, 0.717) is 13.2 Å². The van der Waals surface area contributed by atoms with Crippen LogP contribution in [0, 0.1) is 0 Å². The number of morpholine rings is 1. The molecule has 1 heterocycles. The van der Waals surface area contributed by atoms with Gasteiger partial charge in [-0.2, -0.15) is 0 Å². The minimum absolute atomic E-state index is 0.0210. The van der Waals surface area contributed by atoms with Crippen LogP contribution >= 0.6 is 11.8 Å². The molecular formula is C13H18N2O2S. The molecule has 1 amide bonds. The first-order valence-corrected chi connectivity index (χ1v) is 7.26. The number of hydrogen-bond donors (Lipinski definition) is 2. The van der Waals surface area contributed by atoms with Crippen LogP contribution < -0.4 is 10.6 Å². The van der Waals surface area contributed by atoms with E-state index in [4.69, 9.17) is 4.74 Å². The van der Waals surface area contributed by atoms with E-state index in [9.17, 15) is 4.79 Å². The quantitative estimate of drug-likeness (QED) is 0.802. The van der Waals surface area contributed by atoms with Gasteiger partial charge in [0, 0.05) is 24.0 Å². The van der Waals surface area contributed by atoms with Crippen LogP contribution in [0.25, 0.3) is 0 Å². The number of carbonyl (C=O) groups is 1. The molecule has 1 aromatic carbocycles. The summed E-state index contributed by atoms with van der Waals surface area (Å²) in [5.41, 5.74) is 0.738. The van der Waals surface area contributed by atoms with Crippen molar-refractivity contribution in [3.63, 3.8) is 0 Å². The molecule has 1 aromatic rings. The molecule has 1 saturated heterocycles. The smallest absolute Gasteiger partial charge is 0.252 e. The molecule has 0 aromatic heterocycles. The summed E-state index contributed by atoms with van der Waals surface area (Å²) < 4.78 is 5.35. The second-order valence-electron chi connectivity index (χ2n) is 4.14. The van der Waals surface area contributed by atoms with Crippen molar-refractivity contribution in [2.75, 3.05) is 32.6 Å². The molecule has 1 fully saturated rings. The van der Waals surface area contributed by atoms with E-state index < -0.39 is 0 Å². The molecule has 18 heavy (non-hydrogen) atoms. The highest BCUT2D eigenvalue weighted by atomic mass is 32.2. The maximum Gasteiger partial charge on any atom is 0.252 e. The van der Waals surface area contributed by atoms with E-state index in [1.54, 1.807) is 11.8 Å². The Kier molecular flexibility index (Phi) is 5.04. The average molecular weight is 266 g/mol. The van der Waals surface area contributed by atoms with Crippen molar-refractivity contribution in [1.29, 1.82) is 0 Å². The first kappa shape index (κ1) is 13.4. The van der Waals surface area contributed by atoms with Crippen molar-refractivity contribution in [1.82, 2.24) is 10.6 Å². The second-order valence-corrected chi connectivity index (χ2v) is 4.98.